The van der Waals surface area contributed by atoms with E-state index in [2.05, 4.69) is 12.2 Å². The number of hydrogen-bond donors (Lipinski definition) is 0. The van der Waals surface area contributed by atoms with Crippen molar-refractivity contribution < 1.29 is 0 Å². The minimum Gasteiger partial charge on any atom is -0.164 e. The summed E-state index contributed by atoms with van der Waals surface area (Å²) in [5.74, 6) is 3.64. The topological polar surface area (TPSA) is 0 Å². The fourth-order valence-corrected chi connectivity index (χ4v) is 0.483. The van der Waals surface area contributed by atoms with Gasteiger partial charge in [0.2, 0.25) is 0 Å². The Hall–Kier alpha value is -0.0900. The van der Waals surface area contributed by atoms with E-state index in [1.54, 1.807) is 11.8 Å². The molecule has 0 nitrogen and oxygen atoms in total. The molecule has 0 rings (SSSR count). The van der Waals surface area contributed by atoms with Crippen LogP contribution < -0.4 is 0 Å². The average Bonchev–Trinajstić information content (AvgIpc) is 1.61. The van der Waals surface area contributed by atoms with Crippen molar-refractivity contribution in [1.29, 1.82) is 0 Å². The van der Waals surface area contributed by atoms with E-state index in [9.17, 15) is 0 Å². The van der Waals surface area contributed by atoms with Crippen LogP contribution in [0.15, 0.2) is 0 Å². The van der Waals surface area contributed by atoms with Crippen molar-refractivity contribution in [3.05, 3.63) is 0 Å². The van der Waals surface area contributed by atoms with Gasteiger partial charge >= 0.3 is 0 Å². The van der Waals surface area contributed by atoms with Crippen molar-refractivity contribution in [1.82, 2.24) is 0 Å². The van der Waals surface area contributed by atoms with Crippen LogP contribution in [0.2, 0.25) is 0 Å². The molecule has 0 fully saturated rings. The molecule has 0 atom stereocenters. The summed E-state index contributed by atoms with van der Waals surface area (Å²) in [6.07, 6.45) is 7.91. The van der Waals surface area contributed by atoms with Crippen molar-refractivity contribution in [2.75, 3.05) is 12.0 Å². The molecule has 0 saturated heterocycles. The molecule has 34 valence electrons. The molecule has 0 aliphatic heterocycles. The van der Waals surface area contributed by atoms with E-state index >= 15 is 0 Å². The predicted octanol–water partition coefficient (Wildman–Crippen LogP) is 1.37. The van der Waals surface area contributed by atoms with E-state index in [4.69, 9.17) is 6.42 Å². The van der Waals surface area contributed by atoms with Crippen LogP contribution in [0.25, 0.3) is 0 Å². The lowest BCUT2D eigenvalue weighted by Gasteiger charge is -1.80. The molecular formula is C5H8S. The third-order valence-electron chi connectivity index (χ3n) is 0.451. The van der Waals surface area contributed by atoms with Gasteiger partial charge in [0, 0.05) is 12.2 Å². The molecule has 0 spiro atoms. The van der Waals surface area contributed by atoms with Crippen LogP contribution in [0.3, 0.4) is 0 Å². The molecular weight excluding hydrogens is 92.1 g/mol. The zero-order valence-corrected chi connectivity index (χ0v) is 4.72. The van der Waals surface area contributed by atoms with Crippen LogP contribution in [0, 0.1) is 12.3 Å². The summed E-state index contributed by atoms with van der Waals surface area (Å²) in [6.45, 7) is 0. The summed E-state index contributed by atoms with van der Waals surface area (Å²) in [7, 11) is 0. The van der Waals surface area contributed by atoms with E-state index in [-0.39, 0.29) is 0 Å². The van der Waals surface area contributed by atoms with E-state index in [0.29, 0.717) is 0 Å². The van der Waals surface area contributed by atoms with Crippen LogP contribution in [-0.4, -0.2) is 12.0 Å². The Bertz CT molecular complexity index is 51.4. The highest BCUT2D eigenvalue weighted by atomic mass is 32.2. The second kappa shape index (κ2) is 4.91. The van der Waals surface area contributed by atoms with Gasteiger partial charge in [-0.25, -0.2) is 0 Å². The molecule has 0 N–H and O–H groups in total. The Morgan fingerprint density at radius 3 is 2.67 bits per heavy atom. The van der Waals surface area contributed by atoms with Gasteiger partial charge in [0.25, 0.3) is 0 Å². The molecule has 0 aromatic heterocycles. The van der Waals surface area contributed by atoms with Crippen molar-refractivity contribution in [3.63, 3.8) is 0 Å². The summed E-state index contributed by atoms with van der Waals surface area (Å²) < 4.78 is 0. The molecule has 0 aromatic carbocycles. The first-order valence-electron chi connectivity index (χ1n) is 1.84. The summed E-state index contributed by atoms with van der Waals surface area (Å²) in [6, 6.07) is 0. The molecule has 0 saturated carbocycles. The summed E-state index contributed by atoms with van der Waals surface area (Å²) >= 11 is 1.78. The Balaban J connectivity index is 2.54. The van der Waals surface area contributed by atoms with Gasteiger partial charge in [-0.2, -0.15) is 11.8 Å². The van der Waals surface area contributed by atoms with Crippen molar-refractivity contribution in [2.45, 2.75) is 6.42 Å². The molecule has 0 aromatic rings. The second-order valence-electron chi connectivity index (χ2n) is 0.947. The highest BCUT2D eigenvalue weighted by Gasteiger charge is 1.71. The van der Waals surface area contributed by atoms with Gasteiger partial charge in [0.05, 0.1) is 0 Å². The summed E-state index contributed by atoms with van der Waals surface area (Å²) in [4.78, 5) is 0. The van der Waals surface area contributed by atoms with Gasteiger partial charge in [-0.05, 0) is 6.26 Å². The van der Waals surface area contributed by atoms with Gasteiger partial charge in [-0.15, -0.1) is 12.3 Å². The molecule has 6 heavy (non-hydrogen) atoms. The highest BCUT2D eigenvalue weighted by Crippen LogP contribution is 1.91. The van der Waals surface area contributed by atoms with Crippen molar-refractivity contribution in [2.24, 2.45) is 0 Å². The largest absolute Gasteiger partial charge is 0.164 e. The van der Waals surface area contributed by atoms with Gasteiger partial charge in [-0.3, -0.25) is 0 Å². The van der Waals surface area contributed by atoms with Gasteiger partial charge in [-0.1, -0.05) is 0 Å². The Kier molecular flexibility index (Phi) is 4.84. The Morgan fingerprint density at radius 2 is 2.50 bits per heavy atom. The van der Waals surface area contributed by atoms with E-state index < -0.39 is 0 Å². The molecule has 0 heterocycles. The maximum Gasteiger partial charge on any atom is 0.0177 e. The lowest BCUT2D eigenvalue weighted by Crippen LogP contribution is -1.68. The third-order valence-corrected chi connectivity index (χ3v) is 1.06. The second-order valence-corrected chi connectivity index (χ2v) is 1.93. The maximum absolute atomic E-state index is 4.95. The van der Waals surface area contributed by atoms with E-state index in [0.717, 1.165) is 12.2 Å². The predicted molar refractivity (Wildman–Crippen MR) is 31.8 cm³/mol. The van der Waals surface area contributed by atoms with E-state index in [1.165, 1.54) is 0 Å². The zero-order chi connectivity index (χ0) is 4.83. The molecule has 0 unspecified atom stereocenters. The SMILES string of the molecule is C#CCCSC. The molecule has 0 radical (unpaired) electrons. The lowest BCUT2D eigenvalue weighted by atomic mass is 10.5. The summed E-state index contributed by atoms with van der Waals surface area (Å²) in [5, 5.41) is 0. The van der Waals surface area contributed by atoms with Crippen LogP contribution in [-0.2, 0) is 0 Å². The smallest absolute Gasteiger partial charge is 0.0177 e. The number of rotatable bonds is 2. The van der Waals surface area contributed by atoms with Gasteiger partial charge in [0.15, 0.2) is 0 Å². The lowest BCUT2D eigenvalue weighted by molar-refractivity contribution is 1.31. The van der Waals surface area contributed by atoms with Crippen molar-refractivity contribution in [3.8, 4) is 12.3 Å². The number of terminal acetylenes is 1. The van der Waals surface area contributed by atoms with Gasteiger partial charge in [0.1, 0.15) is 0 Å². The fourth-order valence-electron chi connectivity index (χ4n) is 0.161. The fraction of sp³-hybridized carbons (Fsp3) is 0.600. The average molecular weight is 100 g/mol. The Morgan fingerprint density at radius 1 is 1.83 bits per heavy atom. The van der Waals surface area contributed by atoms with Crippen LogP contribution in [0.4, 0.5) is 0 Å². The Labute approximate surface area is 43.3 Å². The molecule has 1 heteroatoms. The monoisotopic (exact) mass is 100 g/mol. The third kappa shape index (κ3) is 3.91. The standard InChI is InChI=1S/C5H8S/c1-3-4-5-6-2/h1H,4-5H2,2H3. The number of thioether (sulfide) groups is 1. The molecule has 0 amide bonds. The summed E-state index contributed by atoms with van der Waals surface area (Å²) in [5.41, 5.74) is 0. The van der Waals surface area contributed by atoms with Crippen molar-refractivity contribution >= 4 is 11.8 Å². The first-order chi connectivity index (χ1) is 2.91. The van der Waals surface area contributed by atoms with Crippen LogP contribution in [0.1, 0.15) is 6.42 Å². The normalized spacial score (nSPS) is 7.33. The minimum absolute atomic E-state index is 0.904. The molecule has 0 aliphatic rings. The zero-order valence-electron chi connectivity index (χ0n) is 3.90. The number of hydrogen-bond acceptors (Lipinski definition) is 1. The molecule has 0 aliphatic carbocycles. The van der Waals surface area contributed by atoms with E-state index in [1.807, 2.05) is 0 Å². The highest BCUT2D eigenvalue weighted by molar-refractivity contribution is 7.98. The van der Waals surface area contributed by atoms with Crippen LogP contribution >= 0.6 is 11.8 Å². The first kappa shape index (κ1) is 5.91. The van der Waals surface area contributed by atoms with Gasteiger partial charge < -0.3 is 0 Å². The molecule has 0 bridgehead atoms. The van der Waals surface area contributed by atoms with Crippen LogP contribution in [0.5, 0.6) is 0 Å². The quantitative estimate of drug-likeness (QED) is 0.373. The minimum atomic E-state index is 0.904. The first-order valence-corrected chi connectivity index (χ1v) is 3.23. The maximum atomic E-state index is 4.95.